The molecule has 2 aromatic carbocycles. The molecule has 41 heavy (non-hydrogen) atoms. The number of carbonyl (C=O) groups excluding carboxylic acids is 1. The van der Waals surface area contributed by atoms with Crippen molar-refractivity contribution in [3.05, 3.63) is 89.0 Å². The zero-order chi connectivity index (χ0) is 29.2. The summed E-state index contributed by atoms with van der Waals surface area (Å²) in [6, 6.07) is 20.6. The highest BCUT2D eigenvalue weighted by Gasteiger charge is 2.39. The minimum atomic E-state index is 0.0791. The van der Waals surface area contributed by atoms with Gasteiger partial charge >= 0.3 is 0 Å². The lowest BCUT2D eigenvalue weighted by Gasteiger charge is -2.50. The Balaban J connectivity index is 1.24. The average molecular weight is 554 g/mol. The highest BCUT2D eigenvalue weighted by molar-refractivity contribution is 5.96. The Morgan fingerprint density at radius 3 is 2.05 bits per heavy atom. The first kappa shape index (κ1) is 29.2. The van der Waals surface area contributed by atoms with Gasteiger partial charge in [-0.05, 0) is 75.1 Å². The molecule has 2 saturated heterocycles. The van der Waals surface area contributed by atoms with Crippen LogP contribution in [0.15, 0.2) is 60.9 Å². The first-order valence-electron chi connectivity index (χ1n) is 15.3. The smallest absolute Gasteiger partial charge is 0.257 e. The molecule has 0 spiro atoms. The van der Waals surface area contributed by atoms with Gasteiger partial charge in [0.05, 0.1) is 17.0 Å². The van der Waals surface area contributed by atoms with E-state index in [1.165, 1.54) is 16.8 Å². The summed E-state index contributed by atoms with van der Waals surface area (Å²) in [6.07, 6.45) is 5.83. The van der Waals surface area contributed by atoms with Gasteiger partial charge in [-0.3, -0.25) is 9.69 Å². The molecule has 2 aliphatic rings. The lowest BCUT2D eigenvalue weighted by Crippen LogP contribution is -2.58. The molecular weight excluding hydrogens is 506 g/mol. The summed E-state index contributed by atoms with van der Waals surface area (Å²) >= 11 is 0. The summed E-state index contributed by atoms with van der Waals surface area (Å²) < 4.78 is 0. The highest BCUT2D eigenvalue weighted by atomic mass is 16.2. The number of benzene rings is 2. The lowest BCUT2D eigenvalue weighted by molar-refractivity contribution is 0.0170. The van der Waals surface area contributed by atoms with Gasteiger partial charge in [0.15, 0.2) is 0 Å². The van der Waals surface area contributed by atoms with E-state index >= 15 is 0 Å². The molecule has 0 unspecified atom stereocenters. The van der Waals surface area contributed by atoms with Gasteiger partial charge in [0.25, 0.3) is 5.91 Å². The molecule has 6 nitrogen and oxygen atoms in total. The second kappa shape index (κ2) is 11.9. The normalized spacial score (nSPS) is 18.3. The Morgan fingerprint density at radius 2 is 1.49 bits per heavy atom. The molecule has 0 radical (unpaired) electrons. The van der Waals surface area contributed by atoms with Crippen LogP contribution in [0, 0.1) is 13.8 Å². The third-order valence-corrected chi connectivity index (χ3v) is 9.50. The summed E-state index contributed by atoms with van der Waals surface area (Å²) in [5.41, 5.74) is 6.53. The van der Waals surface area contributed by atoms with Crippen molar-refractivity contribution in [3.8, 4) is 0 Å². The number of likely N-dealkylation sites (tertiary alicyclic amines) is 2. The largest absolute Gasteiger partial charge is 0.364 e. The lowest BCUT2D eigenvalue weighted by atomic mass is 9.85. The van der Waals surface area contributed by atoms with Gasteiger partial charge in [0, 0.05) is 50.0 Å². The van der Waals surface area contributed by atoms with Crippen molar-refractivity contribution in [2.24, 2.45) is 0 Å². The van der Waals surface area contributed by atoms with Gasteiger partial charge in [-0.15, -0.1) is 0 Å². The highest BCUT2D eigenvalue weighted by Crippen LogP contribution is 2.35. The maximum atomic E-state index is 13.3. The van der Waals surface area contributed by atoms with Crippen LogP contribution in [0.25, 0.3) is 0 Å². The van der Waals surface area contributed by atoms with Crippen LogP contribution in [0.4, 0.5) is 5.69 Å². The van der Waals surface area contributed by atoms with Crippen LogP contribution in [0.5, 0.6) is 0 Å². The molecule has 2 fully saturated rings. The Morgan fingerprint density at radius 1 is 0.902 bits per heavy atom. The van der Waals surface area contributed by atoms with Gasteiger partial charge in [-0.25, -0.2) is 9.97 Å². The molecule has 3 heterocycles. The van der Waals surface area contributed by atoms with Gasteiger partial charge in [0.2, 0.25) is 0 Å². The second-order valence-electron chi connectivity index (χ2n) is 13.3. The van der Waals surface area contributed by atoms with Crippen molar-refractivity contribution >= 4 is 11.6 Å². The van der Waals surface area contributed by atoms with Crippen molar-refractivity contribution < 1.29 is 4.79 Å². The number of nitrogens with zero attached hydrogens (tertiary/aromatic N) is 5. The van der Waals surface area contributed by atoms with E-state index in [2.05, 4.69) is 102 Å². The van der Waals surface area contributed by atoms with Crippen LogP contribution >= 0.6 is 0 Å². The van der Waals surface area contributed by atoms with Gasteiger partial charge in [0.1, 0.15) is 6.33 Å². The van der Waals surface area contributed by atoms with Crippen LogP contribution < -0.4 is 4.90 Å². The monoisotopic (exact) mass is 553 g/mol. The molecule has 1 amide bonds. The first-order valence-corrected chi connectivity index (χ1v) is 15.3. The minimum Gasteiger partial charge on any atom is -0.364 e. The predicted molar refractivity (Wildman–Crippen MR) is 167 cm³/mol. The molecular formula is C35H47N5O. The fourth-order valence-corrected chi connectivity index (χ4v) is 6.65. The molecule has 3 aromatic rings. The maximum Gasteiger partial charge on any atom is 0.257 e. The number of hydrogen-bond donors (Lipinski definition) is 0. The topological polar surface area (TPSA) is 52.6 Å². The first-order chi connectivity index (χ1) is 19.5. The molecule has 5 rings (SSSR count). The van der Waals surface area contributed by atoms with E-state index in [0.717, 1.165) is 69.8 Å². The summed E-state index contributed by atoms with van der Waals surface area (Å²) in [6.45, 7) is 17.7. The van der Waals surface area contributed by atoms with Gasteiger partial charge < -0.3 is 9.80 Å². The molecule has 0 saturated carbocycles. The van der Waals surface area contributed by atoms with E-state index in [9.17, 15) is 4.79 Å². The Kier molecular flexibility index (Phi) is 8.51. The number of anilines is 1. The standard InChI is InChI=1S/C35H47N5O/c1-26-32(27(2)37-25-36-26)33(41)38-22-18-35(6,19-23-38)39-20-16-31(17-21-39)40(24-28-10-8-7-9-11-28)30-14-12-29(13-15-30)34(3,4)5/h7-15,25,31H,16-24H2,1-6H3. The van der Waals surface area contributed by atoms with E-state index < -0.39 is 0 Å². The van der Waals surface area contributed by atoms with E-state index in [1.807, 2.05) is 18.7 Å². The van der Waals surface area contributed by atoms with E-state index in [4.69, 9.17) is 0 Å². The Hall–Kier alpha value is -3.25. The van der Waals surface area contributed by atoms with Gasteiger partial charge in [-0.2, -0.15) is 0 Å². The summed E-state index contributed by atoms with van der Waals surface area (Å²) in [4.78, 5) is 29.2. The Labute approximate surface area is 246 Å². The summed E-state index contributed by atoms with van der Waals surface area (Å²) in [7, 11) is 0. The average Bonchev–Trinajstić information content (AvgIpc) is 2.96. The molecule has 0 N–H and O–H groups in total. The molecule has 1 aromatic heterocycles. The maximum absolute atomic E-state index is 13.3. The molecule has 218 valence electrons. The quantitative estimate of drug-likeness (QED) is 0.346. The second-order valence-corrected chi connectivity index (χ2v) is 13.3. The number of piperidine rings is 2. The van der Waals surface area contributed by atoms with Crippen molar-refractivity contribution in [2.75, 3.05) is 31.1 Å². The number of rotatable bonds is 6. The van der Waals surface area contributed by atoms with Crippen LogP contribution in [-0.2, 0) is 12.0 Å². The molecule has 0 atom stereocenters. The van der Waals surface area contributed by atoms with Crippen LogP contribution in [0.3, 0.4) is 0 Å². The van der Waals surface area contributed by atoms with Crippen molar-refractivity contribution in [1.82, 2.24) is 19.8 Å². The molecule has 0 bridgehead atoms. The van der Waals surface area contributed by atoms with Crippen LogP contribution in [0.2, 0.25) is 0 Å². The van der Waals surface area contributed by atoms with Crippen molar-refractivity contribution in [2.45, 2.75) is 90.8 Å². The zero-order valence-corrected chi connectivity index (χ0v) is 25.9. The van der Waals surface area contributed by atoms with Crippen molar-refractivity contribution in [1.29, 1.82) is 0 Å². The summed E-state index contributed by atoms with van der Waals surface area (Å²) in [5.74, 6) is 0.0791. The predicted octanol–water partition coefficient (Wildman–Crippen LogP) is 6.56. The fraction of sp³-hybridized carbons (Fsp3) is 0.514. The number of carbonyl (C=O) groups is 1. The van der Waals surface area contributed by atoms with Crippen LogP contribution in [0.1, 0.15) is 86.3 Å². The van der Waals surface area contributed by atoms with E-state index in [0.29, 0.717) is 11.6 Å². The molecule has 0 aliphatic carbocycles. The number of amides is 1. The number of aromatic nitrogens is 2. The molecule has 2 aliphatic heterocycles. The number of hydrogen-bond acceptors (Lipinski definition) is 5. The third kappa shape index (κ3) is 6.48. The van der Waals surface area contributed by atoms with Gasteiger partial charge in [-0.1, -0.05) is 63.2 Å². The van der Waals surface area contributed by atoms with Crippen molar-refractivity contribution in [3.63, 3.8) is 0 Å². The molecule has 6 heteroatoms. The zero-order valence-electron chi connectivity index (χ0n) is 25.9. The van der Waals surface area contributed by atoms with Crippen LogP contribution in [-0.4, -0.2) is 63.4 Å². The van der Waals surface area contributed by atoms with E-state index in [-0.39, 0.29) is 16.9 Å². The SMILES string of the molecule is Cc1ncnc(C)c1C(=O)N1CCC(C)(N2CCC(N(Cc3ccccc3)c3ccc(C(C)(C)C)cc3)CC2)CC1. The Bertz CT molecular complexity index is 1290. The van der Waals surface area contributed by atoms with E-state index in [1.54, 1.807) is 6.33 Å². The number of aryl methyl sites for hydroxylation is 2. The summed E-state index contributed by atoms with van der Waals surface area (Å²) in [5, 5.41) is 0. The minimum absolute atomic E-state index is 0.0791. The third-order valence-electron chi connectivity index (χ3n) is 9.50. The fourth-order valence-electron chi connectivity index (χ4n) is 6.65.